The largest absolute Gasteiger partial charge is 0.497 e. The Morgan fingerprint density at radius 2 is 0.714 bits per heavy atom. The van der Waals surface area contributed by atoms with Gasteiger partial charge in [-0.15, -0.1) is 12.4 Å². The van der Waals surface area contributed by atoms with E-state index in [1.165, 1.54) is 0 Å². The van der Waals surface area contributed by atoms with Crippen molar-refractivity contribution in [3.63, 3.8) is 0 Å². The van der Waals surface area contributed by atoms with E-state index in [0.717, 1.165) is 188 Å². The monoisotopic (exact) mass is 1780 g/mol. The maximum Gasteiger partial charge on any atom is 0.231 e. The van der Waals surface area contributed by atoms with Crippen molar-refractivity contribution in [2.24, 2.45) is 0 Å². The van der Waals surface area contributed by atoms with Crippen LogP contribution in [0.2, 0.25) is 0 Å². The molecule has 26 heteroatoms. The van der Waals surface area contributed by atoms with E-state index in [1.807, 2.05) is 122 Å². The number of ketones is 4. The summed E-state index contributed by atoms with van der Waals surface area (Å²) < 4.78 is 54.8. The van der Waals surface area contributed by atoms with Crippen LogP contribution in [0.25, 0.3) is 61.8 Å². The quantitative estimate of drug-likeness (QED) is 0.0338. The van der Waals surface area contributed by atoms with Gasteiger partial charge in [0.2, 0.25) is 23.1 Å². The Kier molecular flexibility index (Phi) is 31.3. The molecule has 4 aliphatic heterocycles. The van der Waals surface area contributed by atoms with Gasteiger partial charge in [0.15, 0.2) is 30.2 Å². The number of halogens is 3. The predicted octanol–water partition coefficient (Wildman–Crippen LogP) is 18.3. The summed E-state index contributed by atoms with van der Waals surface area (Å²) in [6.45, 7) is 9.84. The number of hydrogen-bond acceptors (Lipinski definition) is 18. The third-order valence-electron chi connectivity index (χ3n) is 20.2. The molecule has 2 N–H and O–H groups in total. The zero-order chi connectivity index (χ0) is 83.3. The molecule has 0 spiro atoms. The number of allylic oxidation sites excluding steroid dienone is 3. The van der Waals surface area contributed by atoms with Gasteiger partial charge in [-0.2, -0.15) is 13.5 Å². The summed E-state index contributed by atoms with van der Waals surface area (Å²) in [6.07, 6.45) is 18.7. The van der Waals surface area contributed by atoms with E-state index in [0.29, 0.717) is 68.2 Å². The van der Waals surface area contributed by atoms with E-state index < -0.39 is 0 Å². The van der Waals surface area contributed by atoms with Crippen molar-refractivity contribution in [2.45, 2.75) is 58.8 Å². The Hall–Kier alpha value is -10.9. The first-order valence-electron chi connectivity index (χ1n) is 38.6. The van der Waals surface area contributed by atoms with Crippen molar-refractivity contribution in [1.29, 1.82) is 0 Å². The predicted molar refractivity (Wildman–Crippen MR) is 489 cm³/mol. The Balaban J connectivity index is 0.000000160. The number of rotatable bonds is 24. The maximum absolute atomic E-state index is 12.8. The molecule has 16 rings (SSSR count). The smallest absolute Gasteiger partial charge is 0.231 e. The van der Waals surface area contributed by atoms with Crippen LogP contribution in [0.4, 0.5) is 5.69 Å². The summed E-state index contributed by atoms with van der Waals surface area (Å²) in [6, 6.07) is 45.6. The van der Waals surface area contributed by atoms with E-state index >= 15 is 0 Å². The first kappa shape index (κ1) is 90.5. The summed E-state index contributed by atoms with van der Waals surface area (Å²) in [5.41, 5.74) is 17.9. The van der Waals surface area contributed by atoms with Gasteiger partial charge in [-0.25, -0.2) is 0 Å². The number of aromatic nitrogens is 4. The highest BCUT2D eigenvalue weighted by Crippen LogP contribution is 2.40. The molecule has 0 unspecified atom stereocenters. The zero-order valence-electron chi connectivity index (χ0n) is 69.3. The van der Waals surface area contributed by atoms with E-state index in [9.17, 15) is 24.0 Å². The number of methoxy groups -OCH3 is 4. The van der Waals surface area contributed by atoms with Crippen LogP contribution in [-0.2, 0) is 26.2 Å². The van der Waals surface area contributed by atoms with E-state index in [4.69, 9.17) is 43.6 Å². The van der Waals surface area contributed by atoms with E-state index in [2.05, 4.69) is 163 Å². The fourth-order valence-electron chi connectivity index (χ4n) is 14.3. The lowest BCUT2D eigenvalue weighted by molar-refractivity contribution is 0.0958. The molecule has 12 aromatic rings. The molecule has 0 radical (unpaired) electrons. The Bertz CT molecular complexity index is 5400. The highest BCUT2D eigenvalue weighted by Gasteiger charge is 2.31. The highest BCUT2D eigenvalue weighted by atomic mass is 79.9. The molecule has 22 nitrogen and oxygen atoms in total. The fraction of sp³-hybridized carbons (Fsp3) is 0.280. The van der Waals surface area contributed by atoms with Gasteiger partial charge in [0.1, 0.15) is 46.0 Å². The van der Waals surface area contributed by atoms with E-state index in [1.54, 1.807) is 64.8 Å². The number of carbonyl (C=O) groups is 5. The molecule has 8 aromatic carbocycles. The molecule has 119 heavy (non-hydrogen) atoms. The first-order chi connectivity index (χ1) is 56.3. The lowest BCUT2D eigenvalue weighted by atomic mass is 10.1. The SMILES string of the molecule is COc1ccc2c(c1)c(/C=C1\Oc3cc(Br)ccc3C1=O)cn2CCCN(C)C.COc1ccc2c(c1)c(/C=C1\Oc3cc(C)ccc3C1=O)cn2CCCN(C)C.COc1ccc2c(c1)c(/C=C1\Oc3cc(N)ccc3C1=O)cn2CCCN(C)C.COc1ccc2c(c1)c(C=O)cn2CCCN(C)C.Cl.O=C1COc2cc(Br)ccc21.S. The second-order valence-corrected chi connectivity index (χ2v) is 31.8. The lowest BCUT2D eigenvalue weighted by Gasteiger charge is -2.10. The summed E-state index contributed by atoms with van der Waals surface area (Å²) in [5.74, 6) is 6.32. The van der Waals surface area contributed by atoms with Gasteiger partial charge in [0.05, 0.1) is 50.7 Å². The molecule has 0 saturated heterocycles. The van der Waals surface area contributed by atoms with Crippen molar-refractivity contribution in [3.8, 4) is 46.0 Å². The lowest BCUT2D eigenvalue weighted by Crippen LogP contribution is -2.14. The van der Waals surface area contributed by atoms with Crippen LogP contribution in [0.15, 0.2) is 197 Å². The van der Waals surface area contributed by atoms with Crippen molar-refractivity contribution in [1.82, 2.24) is 37.9 Å². The first-order valence-corrected chi connectivity index (χ1v) is 40.2. The van der Waals surface area contributed by atoms with Gasteiger partial charge in [-0.05, 0) is 272 Å². The summed E-state index contributed by atoms with van der Waals surface area (Å²) in [4.78, 5) is 69.2. The minimum atomic E-state index is -0.128. The Morgan fingerprint density at radius 1 is 0.403 bits per heavy atom. The maximum atomic E-state index is 12.8. The van der Waals surface area contributed by atoms with Gasteiger partial charge in [0, 0.05) is 138 Å². The van der Waals surface area contributed by atoms with Crippen LogP contribution in [0.3, 0.4) is 0 Å². The average molecular weight is 1780 g/mol. The third kappa shape index (κ3) is 22.0. The van der Waals surface area contributed by atoms with Gasteiger partial charge < -0.3 is 81.5 Å². The average Bonchev–Trinajstić information content (AvgIpc) is 1.63. The van der Waals surface area contributed by atoms with Gasteiger partial charge in [-0.3, -0.25) is 24.0 Å². The van der Waals surface area contributed by atoms with Gasteiger partial charge >= 0.3 is 0 Å². The number of Topliss-reactive ketones (excluding diaryl/α,β-unsaturated/α-hetero) is 4. The van der Waals surface area contributed by atoms with Crippen LogP contribution in [0.1, 0.15) is 99.7 Å². The number of nitrogen functional groups attached to an aromatic ring is 1. The number of hydrogen-bond donors (Lipinski definition) is 1. The molecular formula is C93H102Br2ClN9O13S. The number of aryl methyl sites for hydroxylation is 5. The molecule has 4 aromatic heterocycles. The highest BCUT2D eigenvalue weighted by molar-refractivity contribution is 9.10. The van der Waals surface area contributed by atoms with Crippen LogP contribution in [0, 0.1) is 6.92 Å². The van der Waals surface area contributed by atoms with Gasteiger partial charge in [-0.1, -0.05) is 37.9 Å². The number of nitrogens with zero attached hydrogens (tertiary/aromatic N) is 8. The molecule has 624 valence electrons. The molecule has 0 bridgehead atoms. The summed E-state index contributed by atoms with van der Waals surface area (Å²) >= 11 is 6.72. The minimum Gasteiger partial charge on any atom is -0.497 e. The number of anilines is 1. The molecule has 4 aliphatic rings. The Morgan fingerprint density at radius 3 is 1.07 bits per heavy atom. The molecule has 8 heterocycles. The number of aldehydes is 1. The number of fused-ring (bicyclic) bond motifs is 8. The molecule has 0 atom stereocenters. The third-order valence-corrected chi connectivity index (χ3v) is 21.2. The minimum absolute atomic E-state index is 0. The van der Waals surface area contributed by atoms with Crippen molar-refractivity contribution < 1.29 is 61.9 Å². The number of ether oxygens (including phenoxy) is 8. The molecule has 0 saturated carbocycles. The second-order valence-electron chi connectivity index (χ2n) is 30.0. The summed E-state index contributed by atoms with van der Waals surface area (Å²) in [5, 5.41) is 4.06. The van der Waals surface area contributed by atoms with E-state index in [-0.39, 0.29) is 55.6 Å². The number of carbonyl (C=O) groups excluding carboxylic acids is 5. The second kappa shape index (κ2) is 41.2. The normalized spacial score (nSPS) is 13.8. The topological polar surface area (TPSA) is 218 Å². The van der Waals surface area contributed by atoms with Crippen molar-refractivity contribution in [3.05, 3.63) is 247 Å². The molecule has 0 amide bonds. The number of benzene rings is 8. The molecule has 0 aliphatic carbocycles. The van der Waals surface area contributed by atoms with Crippen LogP contribution < -0.4 is 43.6 Å². The van der Waals surface area contributed by atoms with Crippen LogP contribution >= 0.6 is 57.8 Å². The number of nitrogens with two attached hydrogens (primary N) is 1. The van der Waals surface area contributed by atoms with Crippen LogP contribution in [0.5, 0.6) is 46.0 Å². The van der Waals surface area contributed by atoms with Crippen molar-refractivity contribution >= 4 is 155 Å². The standard InChI is InChI=1S/C24H26N2O3.C23H23BrN2O3.C23H25N3O3.C15H20N2O2.C8H5BrO2.ClH.H2S/c1-16-6-8-19-22(12-16)29-23(24(19)27)13-17-15-26(11-5-10-25(2)3)21-9-7-18(28-4)14-20(17)21;2*1-25(2)9-4-10-26-14-15(19-13-17(28-3)6-8-20(19)26)11-22-23(27)18-7-5-16(24)12-21(18)29-22;1-16(2)7-4-8-17-10-12(11-18)14-9-13(19-3)5-6-15(14)17;9-5-1-2-6-7(10)4-11-8(6)3-5;;/h6-9,12-15H,5,10-11H2,1-4H3;5-8,11-14H,4,9-10H2,1-3H3;5-8,11-14H,4,9-10,24H2,1-3H3;5-6,9-11H,4,7-8H2,1-3H3;1-3H,4H2;1H;1H2/b23-13-;2*22-11-;;;;. The van der Waals surface area contributed by atoms with Crippen molar-refractivity contribution in [2.75, 3.05) is 123 Å². The van der Waals surface area contributed by atoms with Crippen LogP contribution in [-0.4, -0.2) is 185 Å². The fourth-order valence-corrected chi connectivity index (χ4v) is 15.0. The Labute approximate surface area is 724 Å². The molecule has 0 fully saturated rings. The summed E-state index contributed by atoms with van der Waals surface area (Å²) in [7, 11) is 23.2. The zero-order valence-corrected chi connectivity index (χ0v) is 74.3. The van der Waals surface area contributed by atoms with Gasteiger partial charge in [0.25, 0.3) is 0 Å². The molecular weight excluding hydrogens is 1680 g/mol.